The lowest BCUT2D eigenvalue weighted by atomic mass is 10.0. The lowest BCUT2D eigenvalue weighted by Crippen LogP contribution is -2.03. The van der Waals surface area contributed by atoms with Crippen molar-refractivity contribution in [2.24, 2.45) is 17.8 Å². The molecule has 1 N–H and O–H groups in total. The van der Waals surface area contributed by atoms with Crippen LogP contribution in [0.3, 0.4) is 0 Å². The summed E-state index contributed by atoms with van der Waals surface area (Å²) in [5.74, 6) is 1.81. The van der Waals surface area contributed by atoms with Gasteiger partial charge in [0, 0.05) is 0 Å². The van der Waals surface area contributed by atoms with E-state index in [1.807, 2.05) is 0 Å². The number of methoxy groups -OCH3 is 1. The highest BCUT2D eigenvalue weighted by molar-refractivity contribution is 5.86. The SMILES string of the molecule is COC(=O)c1ccc(C(O)C2C3CCCC32)o1. The molecule has 0 amide bonds. The monoisotopic (exact) mass is 236 g/mol. The van der Waals surface area contributed by atoms with Crippen molar-refractivity contribution >= 4 is 5.97 Å². The second-order valence-corrected chi connectivity index (χ2v) is 4.97. The fourth-order valence-corrected chi connectivity index (χ4v) is 3.26. The number of aliphatic hydroxyl groups is 1. The van der Waals surface area contributed by atoms with Crippen LogP contribution in [0.5, 0.6) is 0 Å². The van der Waals surface area contributed by atoms with Gasteiger partial charge in [-0.3, -0.25) is 0 Å². The minimum absolute atomic E-state index is 0.160. The first-order valence-corrected chi connectivity index (χ1v) is 6.08. The molecule has 3 unspecified atom stereocenters. The number of carbonyl (C=O) groups is 1. The van der Waals surface area contributed by atoms with Crippen LogP contribution < -0.4 is 0 Å². The fraction of sp³-hybridized carbons (Fsp3) is 0.615. The maximum absolute atomic E-state index is 11.2. The zero-order valence-corrected chi connectivity index (χ0v) is 9.76. The topological polar surface area (TPSA) is 59.7 Å². The molecule has 0 spiro atoms. The summed E-state index contributed by atoms with van der Waals surface area (Å²) in [7, 11) is 1.31. The van der Waals surface area contributed by atoms with Crippen LogP contribution in [-0.2, 0) is 4.74 Å². The number of carbonyl (C=O) groups excluding carboxylic acids is 1. The van der Waals surface area contributed by atoms with Gasteiger partial charge in [0.05, 0.1) is 7.11 Å². The Morgan fingerprint density at radius 3 is 2.82 bits per heavy atom. The Hall–Kier alpha value is -1.29. The van der Waals surface area contributed by atoms with Crippen molar-refractivity contribution in [1.29, 1.82) is 0 Å². The molecule has 17 heavy (non-hydrogen) atoms. The number of esters is 1. The molecule has 0 aliphatic heterocycles. The molecule has 2 aliphatic rings. The number of hydrogen-bond donors (Lipinski definition) is 1. The van der Waals surface area contributed by atoms with E-state index in [1.165, 1.54) is 26.4 Å². The Kier molecular flexibility index (Phi) is 2.47. The van der Waals surface area contributed by atoms with E-state index >= 15 is 0 Å². The van der Waals surface area contributed by atoms with Crippen molar-refractivity contribution in [3.05, 3.63) is 23.7 Å². The van der Waals surface area contributed by atoms with E-state index < -0.39 is 12.1 Å². The Morgan fingerprint density at radius 2 is 2.18 bits per heavy atom. The van der Waals surface area contributed by atoms with Crippen LogP contribution in [-0.4, -0.2) is 18.2 Å². The minimum Gasteiger partial charge on any atom is -0.463 e. The highest BCUT2D eigenvalue weighted by atomic mass is 16.5. The van der Waals surface area contributed by atoms with Crippen LogP contribution in [0.25, 0.3) is 0 Å². The summed E-state index contributed by atoms with van der Waals surface area (Å²) in [6.45, 7) is 0. The summed E-state index contributed by atoms with van der Waals surface area (Å²) >= 11 is 0. The number of furan rings is 1. The maximum atomic E-state index is 11.2. The van der Waals surface area contributed by atoms with Crippen LogP contribution in [0.4, 0.5) is 0 Å². The van der Waals surface area contributed by atoms with Gasteiger partial charge in [-0.15, -0.1) is 0 Å². The second kappa shape index (κ2) is 3.88. The average Bonchev–Trinajstić information content (AvgIpc) is 2.81. The highest BCUT2D eigenvalue weighted by Crippen LogP contribution is 2.62. The first kappa shape index (κ1) is 10.8. The molecule has 1 heterocycles. The molecule has 3 rings (SSSR count). The molecular formula is C13H16O4. The van der Waals surface area contributed by atoms with Gasteiger partial charge in [0.2, 0.25) is 5.76 Å². The molecule has 92 valence electrons. The molecule has 2 saturated carbocycles. The fourth-order valence-electron chi connectivity index (χ4n) is 3.26. The van der Waals surface area contributed by atoms with Crippen molar-refractivity contribution in [2.75, 3.05) is 7.11 Å². The van der Waals surface area contributed by atoms with E-state index in [-0.39, 0.29) is 5.76 Å². The standard InChI is InChI=1S/C13H16O4/c1-16-13(15)10-6-5-9(17-10)12(14)11-7-3-2-4-8(7)11/h5-8,11-12,14H,2-4H2,1H3. The Bertz CT molecular complexity index is 426. The summed E-state index contributed by atoms with van der Waals surface area (Å²) in [4.78, 5) is 11.2. The summed E-state index contributed by atoms with van der Waals surface area (Å²) in [5.41, 5.74) is 0. The second-order valence-electron chi connectivity index (χ2n) is 4.97. The summed E-state index contributed by atoms with van der Waals surface area (Å²) in [5, 5.41) is 10.2. The third-order valence-electron chi connectivity index (χ3n) is 4.14. The molecule has 0 radical (unpaired) electrons. The van der Waals surface area contributed by atoms with Crippen LogP contribution in [0.2, 0.25) is 0 Å². The Labute approximate surface area is 99.6 Å². The molecular weight excluding hydrogens is 220 g/mol. The third kappa shape index (κ3) is 1.67. The smallest absolute Gasteiger partial charge is 0.373 e. The predicted octanol–water partition coefficient (Wildman–Crippen LogP) is 2.15. The number of rotatable bonds is 3. The molecule has 3 atom stereocenters. The lowest BCUT2D eigenvalue weighted by Gasteiger charge is -2.09. The number of fused-ring (bicyclic) bond motifs is 1. The quantitative estimate of drug-likeness (QED) is 0.817. The normalized spacial score (nSPS) is 32.0. The van der Waals surface area contributed by atoms with Gasteiger partial charge in [-0.25, -0.2) is 4.79 Å². The molecule has 4 nitrogen and oxygen atoms in total. The summed E-state index contributed by atoms with van der Waals surface area (Å²) in [6.07, 6.45) is 3.15. The van der Waals surface area contributed by atoms with Gasteiger partial charge in [0.15, 0.2) is 0 Å². The lowest BCUT2D eigenvalue weighted by molar-refractivity contribution is 0.0548. The van der Waals surface area contributed by atoms with Gasteiger partial charge >= 0.3 is 5.97 Å². The maximum Gasteiger partial charge on any atom is 0.373 e. The van der Waals surface area contributed by atoms with Crippen LogP contribution >= 0.6 is 0 Å². The van der Waals surface area contributed by atoms with Crippen molar-refractivity contribution < 1.29 is 19.1 Å². The van der Waals surface area contributed by atoms with Crippen molar-refractivity contribution in [3.8, 4) is 0 Å². The number of hydrogen-bond acceptors (Lipinski definition) is 4. The van der Waals surface area contributed by atoms with E-state index in [0.29, 0.717) is 23.5 Å². The van der Waals surface area contributed by atoms with E-state index in [1.54, 1.807) is 12.1 Å². The van der Waals surface area contributed by atoms with Gasteiger partial charge in [-0.2, -0.15) is 0 Å². The summed E-state index contributed by atoms with van der Waals surface area (Å²) in [6, 6.07) is 3.23. The first-order valence-electron chi connectivity index (χ1n) is 6.08. The van der Waals surface area contributed by atoms with E-state index in [4.69, 9.17) is 4.42 Å². The van der Waals surface area contributed by atoms with Gasteiger partial charge in [0.25, 0.3) is 0 Å². The van der Waals surface area contributed by atoms with E-state index in [2.05, 4.69) is 4.74 Å². The molecule has 4 heteroatoms. The van der Waals surface area contributed by atoms with Gasteiger partial charge in [-0.1, -0.05) is 6.42 Å². The molecule has 0 bridgehead atoms. The molecule has 1 aromatic heterocycles. The third-order valence-corrected chi connectivity index (χ3v) is 4.14. The van der Waals surface area contributed by atoms with Crippen molar-refractivity contribution in [3.63, 3.8) is 0 Å². The number of ether oxygens (including phenoxy) is 1. The van der Waals surface area contributed by atoms with Crippen LogP contribution in [0.1, 0.15) is 41.7 Å². The van der Waals surface area contributed by atoms with Crippen LogP contribution in [0.15, 0.2) is 16.5 Å². The van der Waals surface area contributed by atoms with Crippen molar-refractivity contribution in [2.45, 2.75) is 25.4 Å². The van der Waals surface area contributed by atoms with Crippen LogP contribution in [0, 0.1) is 17.8 Å². The van der Waals surface area contributed by atoms with Gasteiger partial charge < -0.3 is 14.3 Å². The molecule has 1 aromatic rings. The molecule has 0 saturated heterocycles. The first-order chi connectivity index (χ1) is 8.22. The van der Waals surface area contributed by atoms with E-state index in [9.17, 15) is 9.90 Å². The predicted molar refractivity (Wildman–Crippen MR) is 59.3 cm³/mol. The molecule has 2 fully saturated rings. The zero-order valence-electron chi connectivity index (χ0n) is 9.76. The molecule has 0 aromatic carbocycles. The van der Waals surface area contributed by atoms with Gasteiger partial charge in [0.1, 0.15) is 11.9 Å². The van der Waals surface area contributed by atoms with Crippen molar-refractivity contribution in [1.82, 2.24) is 0 Å². The molecule has 2 aliphatic carbocycles. The average molecular weight is 236 g/mol. The largest absolute Gasteiger partial charge is 0.463 e. The Morgan fingerprint density at radius 1 is 1.47 bits per heavy atom. The van der Waals surface area contributed by atoms with E-state index in [0.717, 1.165) is 0 Å². The summed E-state index contributed by atoms with van der Waals surface area (Å²) < 4.78 is 9.91. The number of aliphatic hydroxyl groups excluding tert-OH is 1. The zero-order chi connectivity index (χ0) is 12.0. The Balaban J connectivity index is 1.72. The minimum atomic E-state index is -0.566. The van der Waals surface area contributed by atoms with Gasteiger partial charge in [-0.05, 0) is 42.7 Å². The highest BCUT2D eigenvalue weighted by Gasteiger charge is 2.56.